The molecule has 0 heterocycles. The largest absolute Gasteiger partial charge is 0.310 e. The van der Waals surface area contributed by atoms with E-state index in [1.54, 1.807) is 0 Å². The lowest BCUT2D eigenvalue weighted by atomic mass is 9.56. The lowest BCUT2D eigenvalue weighted by molar-refractivity contribution is 0.376. The van der Waals surface area contributed by atoms with Gasteiger partial charge in [0.2, 0.25) is 0 Å². The first-order valence-corrected chi connectivity index (χ1v) is 27.2. The van der Waals surface area contributed by atoms with Gasteiger partial charge < -0.3 is 9.80 Å². The fourth-order valence-electron chi connectivity index (χ4n) is 12.9. The van der Waals surface area contributed by atoms with Crippen LogP contribution in [0.1, 0.15) is 36.1 Å². The van der Waals surface area contributed by atoms with Gasteiger partial charge in [-0.3, -0.25) is 0 Å². The van der Waals surface area contributed by atoms with Crippen molar-refractivity contribution in [3.05, 3.63) is 326 Å². The van der Waals surface area contributed by atoms with Gasteiger partial charge in [0.1, 0.15) is 0 Å². The number of fused-ring (bicyclic) bond motifs is 6. The van der Waals surface area contributed by atoms with E-state index in [1.165, 1.54) is 89.0 Å². The molecule has 14 rings (SSSR count). The summed E-state index contributed by atoms with van der Waals surface area (Å²) in [5, 5.41) is 0. The van der Waals surface area contributed by atoms with Crippen LogP contribution in [0.25, 0.3) is 66.8 Å². The van der Waals surface area contributed by atoms with Gasteiger partial charge in [0, 0.05) is 45.0 Å². The summed E-state index contributed by atoms with van der Waals surface area (Å²) in [6.07, 6.45) is 0. The molecule has 370 valence electrons. The second-order valence-electron chi connectivity index (χ2n) is 21.1. The van der Waals surface area contributed by atoms with Gasteiger partial charge in [0.05, 0.1) is 0 Å². The molecule has 2 heteroatoms. The van der Waals surface area contributed by atoms with Gasteiger partial charge in [-0.05, 0) is 162 Å². The zero-order valence-corrected chi connectivity index (χ0v) is 43.8. The van der Waals surface area contributed by atoms with Crippen LogP contribution in [0, 0.1) is 0 Å². The molecule has 78 heavy (non-hydrogen) atoms. The van der Waals surface area contributed by atoms with Crippen molar-refractivity contribution in [2.75, 3.05) is 9.80 Å². The molecule has 0 aliphatic heterocycles. The quantitative estimate of drug-likeness (QED) is 0.127. The Bertz CT molecular complexity index is 3680. The van der Waals surface area contributed by atoms with Gasteiger partial charge in [-0.15, -0.1) is 0 Å². The summed E-state index contributed by atoms with van der Waals surface area (Å²) >= 11 is 0. The van der Waals surface area contributed by atoms with E-state index >= 15 is 0 Å². The zero-order valence-electron chi connectivity index (χ0n) is 43.8. The molecule has 2 nitrogen and oxygen atoms in total. The average molecular weight is 997 g/mol. The number of rotatable bonds is 11. The average Bonchev–Trinajstić information content (AvgIpc) is 3.85. The van der Waals surface area contributed by atoms with Crippen LogP contribution in [0.4, 0.5) is 34.1 Å². The van der Waals surface area contributed by atoms with Gasteiger partial charge >= 0.3 is 0 Å². The molecule has 12 aromatic rings. The van der Waals surface area contributed by atoms with Crippen molar-refractivity contribution in [2.24, 2.45) is 0 Å². The maximum absolute atomic E-state index is 2.52. The summed E-state index contributed by atoms with van der Waals surface area (Å²) in [6.45, 7) is 5.05. The van der Waals surface area contributed by atoms with Crippen molar-refractivity contribution in [3.8, 4) is 66.8 Å². The van der Waals surface area contributed by atoms with Crippen LogP contribution in [0.15, 0.2) is 303 Å². The molecule has 0 saturated heterocycles. The van der Waals surface area contributed by atoms with Crippen molar-refractivity contribution in [1.82, 2.24) is 0 Å². The van der Waals surface area contributed by atoms with E-state index in [0.29, 0.717) is 0 Å². The summed E-state index contributed by atoms with van der Waals surface area (Å²) in [4.78, 5) is 4.88. The minimum absolute atomic E-state index is 0.519. The molecule has 0 fully saturated rings. The predicted octanol–water partition coefficient (Wildman–Crippen LogP) is 20.6. The van der Waals surface area contributed by atoms with Crippen LogP contribution in [-0.2, 0) is 10.8 Å². The third-order valence-corrected chi connectivity index (χ3v) is 17.0. The second kappa shape index (κ2) is 19.1. The molecular weight excluding hydrogens is 941 g/mol. The summed E-state index contributed by atoms with van der Waals surface area (Å²) in [5.74, 6) is 0. The Kier molecular flexibility index (Phi) is 11.5. The Morgan fingerprint density at radius 3 is 0.692 bits per heavy atom. The van der Waals surface area contributed by atoms with Crippen LogP contribution in [0.2, 0.25) is 0 Å². The number of anilines is 6. The Hall–Kier alpha value is -9.76. The topological polar surface area (TPSA) is 6.48 Å². The van der Waals surface area contributed by atoms with Crippen LogP contribution in [0.5, 0.6) is 0 Å². The predicted molar refractivity (Wildman–Crippen MR) is 328 cm³/mol. The SMILES string of the molecule is CC1(C2(C)c3ccccc3-c3ccc(N(c4ccc(-c5ccccc5)cc4)c4ccc(-c5ccccc5)cc4)cc32)c2ccccc2-c2ccc(N(c3ccc(-c4ccccc4)cc3)c3ccc(-c4ccccc4)cc3)cc21. The van der Waals surface area contributed by atoms with Crippen molar-refractivity contribution in [1.29, 1.82) is 0 Å². The fraction of sp³-hybridized carbons (Fsp3) is 0.0526. The number of hydrogen-bond acceptors (Lipinski definition) is 2. The third-order valence-electron chi connectivity index (χ3n) is 17.0. The Morgan fingerprint density at radius 2 is 0.410 bits per heavy atom. The van der Waals surface area contributed by atoms with Crippen molar-refractivity contribution < 1.29 is 0 Å². The van der Waals surface area contributed by atoms with Gasteiger partial charge in [-0.2, -0.15) is 0 Å². The monoisotopic (exact) mass is 996 g/mol. The Labute approximate surface area is 458 Å². The molecule has 2 aliphatic rings. The highest BCUT2D eigenvalue weighted by atomic mass is 15.1. The van der Waals surface area contributed by atoms with E-state index in [1.807, 2.05) is 0 Å². The fourth-order valence-corrected chi connectivity index (χ4v) is 12.9. The zero-order chi connectivity index (χ0) is 52.2. The van der Waals surface area contributed by atoms with E-state index in [-0.39, 0.29) is 0 Å². The number of nitrogens with zero attached hydrogens (tertiary/aromatic N) is 2. The van der Waals surface area contributed by atoms with Crippen molar-refractivity contribution >= 4 is 34.1 Å². The molecule has 0 spiro atoms. The third kappa shape index (κ3) is 7.71. The molecule has 0 amide bonds. The Morgan fingerprint density at radius 1 is 0.192 bits per heavy atom. The van der Waals surface area contributed by atoms with Crippen LogP contribution < -0.4 is 9.80 Å². The highest BCUT2D eigenvalue weighted by molar-refractivity contribution is 5.93. The van der Waals surface area contributed by atoms with Gasteiger partial charge in [-0.1, -0.05) is 244 Å². The molecule has 0 radical (unpaired) electrons. The lowest BCUT2D eigenvalue weighted by Crippen LogP contribution is -2.44. The van der Waals surface area contributed by atoms with Crippen molar-refractivity contribution in [3.63, 3.8) is 0 Å². The summed E-state index contributed by atoms with van der Waals surface area (Å²) in [7, 11) is 0. The minimum Gasteiger partial charge on any atom is -0.310 e. The van der Waals surface area contributed by atoms with E-state index in [9.17, 15) is 0 Å². The molecule has 0 N–H and O–H groups in total. The molecule has 2 aliphatic carbocycles. The molecular formula is C76H56N2. The lowest BCUT2D eigenvalue weighted by Gasteiger charge is -2.45. The standard InChI is InChI=1S/C76H56N2/c1-75(71-29-17-15-27-67(71)69-49-47-65(51-73(69)75)77(61-39-31-57(32-40-61)53-19-7-3-8-20-53)62-41-33-58(34-42-62)54-21-9-4-10-22-54)76(2)72-30-18-16-28-68(72)70-50-48-66(52-74(70)76)78(63-43-35-59(36-44-63)55-23-11-5-12-24-55)64-45-37-60(38-46-64)56-25-13-6-14-26-56/h3-52H,1-2H3. The first kappa shape index (κ1) is 46.7. The number of benzene rings is 12. The van der Waals surface area contributed by atoms with E-state index in [0.717, 1.165) is 34.1 Å². The van der Waals surface area contributed by atoms with Crippen molar-refractivity contribution in [2.45, 2.75) is 24.7 Å². The van der Waals surface area contributed by atoms with Gasteiger partial charge in [-0.25, -0.2) is 0 Å². The molecule has 2 atom stereocenters. The first-order valence-electron chi connectivity index (χ1n) is 27.2. The molecule has 0 saturated carbocycles. The van der Waals surface area contributed by atoms with E-state index < -0.39 is 10.8 Å². The Balaban J connectivity index is 0.938. The van der Waals surface area contributed by atoms with E-state index in [4.69, 9.17) is 0 Å². The smallest absolute Gasteiger partial charge is 0.0465 e. The summed E-state index contributed by atoms with van der Waals surface area (Å²) < 4.78 is 0. The van der Waals surface area contributed by atoms with Gasteiger partial charge in [0.25, 0.3) is 0 Å². The highest BCUT2D eigenvalue weighted by Crippen LogP contribution is 2.66. The minimum atomic E-state index is -0.519. The highest BCUT2D eigenvalue weighted by Gasteiger charge is 2.57. The van der Waals surface area contributed by atoms with E-state index in [2.05, 4.69) is 327 Å². The second-order valence-corrected chi connectivity index (χ2v) is 21.1. The molecule has 2 unspecified atom stereocenters. The van der Waals surface area contributed by atoms with Crippen LogP contribution in [0.3, 0.4) is 0 Å². The maximum atomic E-state index is 2.52. The van der Waals surface area contributed by atoms with Crippen LogP contribution >= 0.6 is 0 Å². The van der Waals surface area contributed by atoms with Gasteiger partial charge in [0.15, 0.2) is 0 Å². The normalized spacial score (nSPS) is 15.7. The number of hydrogen-bond donors (Lipinski definition) is 0. The maximum Gasteiger partial charge on any atom is 0.0465 e. The van der Waals surface area contributed by atoms with Crippen LogP contribution in [-0.4, -0.2) is 0 Å². The molecule has 0 bridgehead atoms. The summed E-state index contributed by atoms with van der Waals surface area (Å²) in [6, 6.07) is 112. The summed E-state index contributed by atoms with van der Waals surface area (Å²) in [5.41, 5.74) is 25.6. The first-order chi connectivity index (χ1) is 38.4. The molecule has 12 aromatic carbocycles. The molecule has 0 aromatic heterocycles.